The second kappa shape index (κ2) is 5.25. The Bertz CT molecular complexity index is 489. The van der Waals surface area contributed by atoms with Crippen molar-refractivity contribution in [3.63, 3.8) is 0 Å². The third kappa shape index (κ3) is 2.69. The van der Waals surface area contributed by atoms with Crippen LogP contribution in [-0.2, 0) is 6.54 Å². The summed E-state index contributed by atoms with van der Waals surface area (Å²) >= 11 is 0. The lowest BCUT2D eigenvalue weighted by Gasteiger charge is -2.04. The van der Waals surface area contributed by atoms with Gasteiger partial charge in [-0.1, -0.05) is 41.6 Å². The third-order valence-corrected chi connectivity index (χ3v) is 2.71. The SMILES string of the molecule is CNc1ccc(-c2ccc(CN=O)cc2)cc1. The van der Waals surface area contributed by atoms with Crippen LogP contribution in [0.3, 0.4) is 0 Å². The molecule has 0 aliphatic rings. The van der Waals surface area contributed by atoms with Crippen molar-refractivity contribution >= 4 is 5.69 Å². The van der Waals surface area contributed by atoms with Gasteiger partial charge in [0, 0.05) is 12.7 Å². The molecule has 0 saturated heterocycles. The second-order valence-corrected chi connectivity index (χ2v) is 3.81. The molecule has 2 rings (SSSR count). The summed E-state index contributed by atoms with van der Waals surface area (Å²) in [5.74, 6) is 0. The lowest BCUT2D eigenvalue weighted by atomic mass is 10.0. The zero-order valence-electron chi connectivity index (χ0n) is 9.68. The highest BCUT2D eigenvalue weighted by atomic mass is 16.3. The van der Waals surface area contributed by atoms with Gasteiger partial charge in [-0.25, -0.2) is 0 Å². The van der Waals surface area contributed by atoms with Gasteiger partial charge in [0.05, 0.1) is 0 Å². The fourth-order valence-electron chi connectivity index (χ4n) is 1.71. The molecular weight excluding hydrogens is 212 g/mol. The number of nitroso groups, excluding NO2 is 1. The second-order valence-electron chi connectivity index (χ2n) is 3.81. The van der Waals surface area contributed by atoms with Gasteiger partial charge in [-0.15, -0.1) is 0 Å². The van der Waals surface area contributed by atoms with E-state index in [0.29, 0.717) is 0 Å². The lowest BCUT2D eigenvalue weighted by Crippen LogP contribution is -1.87. The summed E-state index contributed by atoms with van der Waals surface area (Å²) in [5.41, 5.74) is 4.34. The summed E-state index contributed by atoms with van der Waals surface area (Å²) in [6, 6.07) is 16.1. The molecule has 1 N–H and O–H groups in total. The Kier molecular flexibility index (Phi) is 3.50. The van der Waals surface area contributed by atoms with Crippen molar-refractivity contribution in [2.75, 3.05) is 12.4 Å². The Hall–Kier alpha value is -2.16. The summed E-state index contributed by atoms with van der Waals surface area (Å²) in [4.78, 5) is 10.1. The molecule has 0 bridgehead atoms. The molecule has 0 radical (unpaired) electrons. The van der Waals surface area contributed by atoms with Gasteiger partial charge >= 0.3 is 0 Å². The van der Waals surface area contributed by atoms with Gasteiger partial charge in [-0.05, 0) is 28.8 Å². The minimum absolute atomic E-state index is 0.235. The maximum absolute atomic E-state index is 10.1. The fourth-order valence-corrected chi connectivity index (χ4v) is 1.71. The number of rotatable bonds is 4. The smallest absolute Gasteiger partial charge is 0.106 e. The summed E-state index contributed by atoms with van der Waals surface area (Å²) in [5, 5.41) is 5.96. The molecule has 3 heteroatoms. The predicted octanol–water partition coefficient (Wildman–Crippen LogP) is 3.66. The highest BCUT2D eigenvalue weighted by molar-refractivity contribution is 5.66. The van der Waals surface area contributed by atoms with Crippen molar-refractivity contribution in [3.05, 3.63) is 59.0 Å². The summed E-state index contributed by atoms with van der Waals surface area (Å²) in [6.45, 7) is 0.235. The lowest BCUT2D eigenvalue weighted by molar-refractivity contribution is 1.06. The van der Waals surface area contributed by atoms with Gasteiger partial charge in [0.25, 0.3) is 0 Å². The molecule has 0 aliphatic heterocycles. The van der Waals surface area contributed by atoms with Crippen molar-refractivity contribution in [1.29, 1.82) is 0 Å². The Labute approximate surface area is 100 Å². The van der Waals surface area contributed by atoms with Gasteiger partial charge < -0.3 is 5.32 Å². The predicted molar refractivity (Wildman–Crippen MR) is 70.9 cm³/mol. The maximum Gasteiger partial charge on any atom is 0.106 e. The number of hydrogen-bond acceptors (Lipinski definition) is 3. The normalized spacial score (nSPS) is 9.94. The number of benzene rings is 2. The van der Waals surface area contributed by atoms with E-state index in [0.717, 1.165) is 22.4 Å². The molecule has 0 heterocycles. The van der Waals surface area contributed by atoms with E-state index in [2.05, 4.69) is 22.6 Å². The van der Waals surface area contributed by atoms with Crippen LogP contribution in [-0.4, -0.2) is 7.05 Å². The van der Waals surface area contributed by atoms with E-state index in [-0.39, 0.29) is 6.54 Å². The van der Waals surface area contributed by atoms with Crippen LogP contribution in [0.25, 0.3) is 11.1 Å². The molecule has 0 aliphatic carbocycles. The van der Waals surface area contributed by atoms with Gasteiger partial charge in [0.15, 0.2) is 0 Å². The maximum atomic E-state index is 10.1. The molecule has 0 amide bonds. The number of hydrogen-bond donors (Lipinski definition) is 1. The van der Waals surface area contributed by atoms with E-state index in [1.54, 1.807) is 0 Å². The summed E-state index contributed by atoms with van der Waals surface area (Å²) < 4.78 is 0. The molecule has 0 aromatic heterocycles. The van der Waals surface area contributed by atoms with Crippen molar-refractivity contribution in [2.24, 2.45) is 5.18 Å². The Balaban J connectivity index is 2.23. The van der Waals surface area contributed by atoms with Gasteiger partial charge in [-0.2, -0.15) is 4.91 Å². The molecule has 0 atom stereocenters. The first-order valence-corrected chi connectivity index (χ1v) is 5.50. The standard InChI is InChI=1S/C14H14N2O/c1-15-14-8-6-13(7-9-14)12-4-2-11(3-5-12)10-16-17/h2-9,15H,10H2,1H3. The van der Waals surface area contributed by atoms with Gasteiger partial charge in [0.1, 0.15) is 6.54 Å². The molecule has 2 aromatic rings. The van der Waals surface area contributed by atoms with Gasteiger partial charge in [-0.3, -0.25) is 0 Å². The monoisotopic (exact) mass is 226 g/mol. The van der Waals surface area contributed by atoms with E-state index in [1.165, 1.54) is 0 Å². The average molecular weight is 226 g/mol. The highest BCUT2D eigenvalue weighted by Crippen LogP contribution is 2.21. The molecule has 2 aromatic carbocycles. The Morgan fingerprint density at radius 1 is 0.941 bits per heavy atom. The molecule has 0 saturated carbocycles. The Morgan fingerprint density at radius 3 is 1.94 bits per heavy atom. The molecular formula is C14H14N2O. The number of anilines is 1. The fraction of sp³-hybridized carbons (Fsp3) is 0.143. The molecule has 86 valence electrons. The van der Waals surface area contributed by atoms with Crippen LogP contribution >= 0.6 is 0 Å². The van der Waals surface area contributed by atoms with Crippen LogP contribution in [0.4, 0.5) is 5.69 Å². The van der Waals surface area contributed by atoms with E-state index in [9.17, 15) is 4.91 Å². The molecule has 0 unspecified atom stereocenters. The van der Waals surface area contributed by atoms with Crippen LogP contribution in [0.1, 0.15) is 5.56 Å². The van der Waals surface area contributed by atoms with Crippen molar-refractivity contribution in [3.8, 4) is 11.1 Å². The van der Waals surface area contributed by atoms with Crippen LogP contribution in [0, 0.1) is 4.91 Å². The van der Waals surface area contributed by atoms with E-state index in [1.807, 2.05) is 43.4 Å². The average Bonchev–Trinajstić information content (AvgIpc) is 2.40. The molecule has 0 spiro atoms. The van der Waals surface area contributed by atoms with Gasteiger partial charge in [0.2, 0.25) is 0 Å². The van der Waals surface area contributed by atoms with Crippen LogP contribution in [0.15, 0.2) is 53.7 Å². The Morgan fingerprint density at radius 2 is 1.47 bits per heavy atom. The zero-order valence-corrected chi connectivity index (χ0v) is 9.68. The van der Waals surface area contributed by atoms with Crippen molar-refractivity contribution in [1.82, 2.24) is 0 Å². The van der Waals surface area contributed by atoms with Crippen molar-refractivity contribution in [2.45, 2.75) is 6.54 Å². The highest BCUT2D eigenvalue weighted by Gasteiger charge is 1.98. The van der Waals surface area contributed by atoms with E-state index in [4.69, 9.17) is 0 Å². The summed E-state index contributed by atoms with van der Waals surface area (Å²) in [6.07, 6.45) is 0. The first kappa shape index (κ1) is 11.3. The van der Waals surface area contributed by atoms with Crippen LogP contribution in [0.2, 0.25) is 0 Å². The van der Waals surface area contributed by atoms with E-state index < -0.39 is 0 Å². The minimum Gasteiger partial charge on any atom is -0.388 e. The minimum atomic E-state index is 0.235. The topological polar surface area (TPSA) is 41.5 Å². The zero-order chi connectivity index (χ0) is 12.1. The number of nitrogens with one attached hydrogen (secondary N) is 1. The van der Waals surface area contributed by atoms with Crippen molar-refractivity contribution < 1.29 is 0 Å². The van der Waals surface area contributed by atoms with Crippen LogP contribution in [0.5, 0.6) is 0 Å². The largest absolute Gasteiger partial charge is 0.388 e. The molecule has 3 nitrogen and oxygen atoms in total. The number of nitrogens with zero attached hydrogens (tertiary/aromatic N) is 1. The van der Waals surface area contributed by atoms with Crippen LogP contribution < -0.4 is 5.32 Å². The third-order valence-electron chi connectivity index (χ3n) is 2.71. The van der Waals surface area contributed by atoms with E-state index >= 15 is 0 Å². The molecule has 0 fully saturated rings. The first-order valence-electron chi connectivity index (χ1n) is 5.50. The summed E-state index contributed by atoms with van der Waals surface area (Å²) in [7, 11) is 1.90. The molecule has 17 heavy (non-hydrogen) atoms. The quantitative estimate of drug-likeness (QED) is 0.808. The first-order chi connectivity index (χ1) is 8.33.